The Morgan fingerprint density at radius 2 is 2.04 bits per heavy atom. The van der Waals surface area contributed by atoms with E-state index in [1.807, 2.05) is 49.4 Å². The first-order valence-electron chi connectivity index (χ1n) is 9.28. The summed E-state index contributed by atoms with van der Waals surface area (Å²) in [6.45, 7) is 5.37. The monoisotopic (exact) mass is 350 g/mol. The number of aryl methyl sites for hydroxylation is 1. The van der Waals surface area contributed by atoms with Gasteiger partial charge in [-0.1, -0.05) is 24.1 Å². The van der Waals surface area contributed by atoms with Crippen molar-refractivity contribution in [1.29, 1.82) is 0 Å². The molecule has 3 rings (SSSR count). The van der Waals surface area contributed by atoms with E-state index in [1.165, 1.54) is 0 Å². The van der Waals surface area contributed by atoms with Gasteiger partial charge in [0.2, 0.25) is 0 Å². The molecule has 1 aromatic carbocycles. The average molecular weight is 350 g/mol. The van der Waals surface area contributed by atoms with Gasteiger partial charge in [0.1, 0.15) is 0 Å². The molecule has 1 aromatic heterocycles. The number of aliphatic hydroxyl groups excluding tert-OH is 1. The zero-order chi connectivity index (χ0) is 18.2. The molecule has 136 valence electrons. The summed E-state index contributed by atoms with van der Waals surface area (Å²) in [6.07, 6.45) is 2.74. The molecule has 0 bridgehead atoms. The summed E-state index contributed by atoms with van der Waals surface area (Å²) >= 11 is 0. The van der Waals surface area contributed by atoms with Gasteiger partial charge in [0.15, 0.2) is 11.4 Å². The molecule has 0 spiro atoms. The Labute approximate surface area is 155 Å². The van der Waals surface area contributed by atoms with Crippen molar-refractivity contribution in [1.82, 2.24) is 9.88 Å². The van der Waals surface area contributed by atoms with Crippen LogP contribution in [0.4, 0.5) is 0 Å². The van der Waals surface area contributed by atoms with Crippen LogP contribution in [0, 0.1) is 18.8 Å². The lowest BCUT2D eigenvalue weighted by molar-refractivity contribution is 0.0679. The molecule has 4 nitrogen and oxygen atoms in total. The third-order valence-corrected chi connectivity index (χ3v) is 4.45. The van der Waals surface area contributed by atoms with Crippen molar-refractivity contribution >= 4 is 0 Å². The van der Waals surface area contributed by atoms with Gasteiger partial charge in [-0.05, 0) is 62.9 Å². The van der Waals surface area contributed by atoms with Crippen LogP contribution in [0.5, 0.6) is 5.75 Å². The van der Waals surface area contributed by atoms with Gasteiger partial charge in [-0.15, -0.1) is 0 Å². The van der Waals surface area contributed by atoms with Crippen LogP contribution in [0.2, 0.25) is 0 Å². The third-order valence-electron chi connectivity index (χ3n) is 4.45. The van der Waals surface area contributed by atoms with Gasteiger partial charge in [0.05, 0.1) is 12.7 Å². The molecule has 1 unspecified atom stereocenters. The Hall–Kier alpha value is -2.35. The summed E-state index contributed by atoms with van der Waals surface area (Å²) in [6, 6.07) is 13.8. The van der Waals surface area contributed by atoms with Crippen LogP contribution in [0.15, 0.2) is 42.5 Å². The third kappa shape index (κ3) is 5.59. The number of β-amino-alcohol motifs (C(OH)–C–C–N with tert-alkyl or cyclic N) is 1. The topological polar surface area (TPSA) is 45.6 Å². The van der Waals surface area contributed by atoms with Crippen LogP contribution in [0.3, 0.4) is 0 Å². The lowest BCUT2D eigenvalue weighted by Gasteiger charge is -2.29. The molecule has 2 heterocycles. The normalized spacial score (nSPS) is 17.4. The van der Waals surface area contributed by atoms with E-state index >= 15 is 0 Å². The quantitative estimate of drug-likeness (QED) is 0.665. The first-order valence-corrected chi connectivity index (χ1v) is 9.28. The molecule has 1 aliphatic rings. The first-order chi connectivity index (χ1) is 12.7. The van der Waals surface area contributed by atoms with Gasteiger partial charge in [-0.3, -0.25) is 0 Å². The molecule has 1 aliphatic heterocycles. The Morgan fingerprint density at radius 1 is 1.19 bits per heavy atom. The van der Waals surface area contributed by atoms with E-state index in [1.54, 1.807) is 0 Å². The summed E-state index contributed by atoms with van der Waals surface area (Å²) in [7, 11) is 0. The van der Waals surface area contributed by atoms with Crippen molar-refractivity contribution in [3.05, 3.63) is 59.4 Å². The molecule has 1 fully saturated rings. The van der Waals surface area contributed by atoms with Crippen molar-refractivity contribution in [3.8, 4) is 17.6 Å². The van der Waals surface area contributed by atoms with Crippen LogP contribution in [-0.2, 0) is 0 Å². The number of pyridine rings is 1. The summed E-state index contributed by atoms with van der Waals surface area (Å²) < 4.78 is 5.94. The van der Waals surface area contributed by atoms with Crippen LogP contribution < -0.4 is 4.74 Å². The van der Waals surface area contributed by atoms with Gasteiger partial charge in [-0.25, -0.2) is 4.98 Å². The van der Waals surface area contributed by atoms with Crippen LogP contribution in [0.25, 0.3) is 0 Å². The second-order valence-electron chi connectivity index (χ2n) is 6.71. The average Bonchev–Trinajstić information content (AvgIpc) is 2.66. The Morgan fingerprint density at radius 3 is 2.85 bits per heavy atom. The van der Waals surface area contributed by atoms with E-state index in [0.29, 0.717) is 12.3 Å². The molecule has 0 aliphatic carbocycles. The number of piperidine rings is 1. The maximum atomic E-state index is 9.73. The molecule has 26 heavy (non-hydrogen) atoms. The Kier molecular flexibility index (Phi) is 6.65. The highest BCUT2D eigenvalue weighted by Crippen LogP contribution is 2.17. The SMILES string of the molecule is Cc1ccc(OCCCN2CCCC(O)C2)c(C#Cc2ccccc2)n1. The number of rotatable bonds is 5. The van der Waals surface area contributed by atoms with Crippen molar-refractivity contribution in [2.24, 2.45) is 0 Å². The second-order valence-corrected chi connectivity index (χ2v) is 6.71. The molecule has 4 heteroatoms. The fourth-order valence-corrected chi connectivity index (χ4v) is 3.11. The van der Waals surface area contributed by atoms with E-state index in [0.717, 1.165) is 55.9 Å². The summed E-state index contributed by atoms with van der Waals surface area (Å²) in [4.78, 5) is 6.83. The predicted octanol–water partition coefficient (Wildman–Crippen LogP) is 3.02. The molecule has 1 atom stereocenters. The second kappa shape index (κ2) is 9.38. The van der Waals surface area contributed by atoms with E-state index in [2.05, 4.69) is 21.7 Å². The van der Waals surface area contributed by atoms with Crippen molar-refractivity contribution < 1.29 is 9.84 Å². The molecule has 1 N–H and O–H groups in total. The number of nitrogens with zero attached hydrogens (tertiary/aromatic N) is 2. The fourth-order valence-electron chi connectivity index (χ4n) is 3.11. The van der Waals surface area contributed by atoms with E-state index in [-0.39, 0.29) is 6.10 Å². The molecule has 0 saturated carbocycles. The van der Waals surface area contributed by atoms with Crippen LogP contribution in [0.1, 0.15) is 36.2 Å². The van der Waals surface area contributed by atoms with Crippen molar-refractivity contribution in [3.63, 3.8) is 0 Å². The Balaban J connectivity index is 1.57. The number of aromatic nitrogens is 1. The highest BCUT2D eigenvalue weighted by Gasteiger charge is 2.16. The van der Waals surface area contributed by atoms with Crippen LogP contribution >= 0.6 is 0 Å². The smallest absolute Gasteiger partial charge is 0.155 e. The van der Waals surface area contributed by atoms with Gasteiger partial charge in [0.25, 0.3) is 0 Å². The Bertz CT molecular complexity index is 765. The predicted molar refractivity (Wildman–Crippen MR) is 103 cm³/mol. The van der Waals surface area contributed by atoms with Crippen molar-refractivity contribution in [2.75, 3.05) is 26.2 Å². The van der Waals surface area contributed by atoms with Crippen molar-refractivity contribution in [2.45, 2.75) is 32.3 Å². The summed E-state index contributed by atoms with van der Waals surface area (Å²) in [5.74, 6) is 7.02. The maximum Gasteiger partial charge on any atom is 0.155 e. The number of hydrogen-bond donors (Lipinski definition) is 1. The van der Waals surface area contributed by atoms with Gasteiger partial charge >= 0.3 is 0 Å². The number of benzene rings is 1. The molecular formula is C22H26N2O2. The van der Waals surface area contributed by atoms with Gasteiger partial charge in [-0.2, -0.15) is 0 Å². The van der Waals surface area contributed by atoms with E-state index in [9.17, 15) is 5.11 Å². The standard InChI is InChI=1S/C22H26N2O2/c1-18-10-13-22(21(23-18)12-11-19-7-3-2-4-8-19)26-16-6-15-24-14-5-9-20(25)17-24/h2-4,7-8,10,13,20,25H,5-6,9,14-17H2,1H3. The van der Waals surface area contributed by atoms with E-state index < -0.39 is 0 Å². The minimum absolute atomic E-state index is 0.175. The molecular weight excluding hydrogens is 324 g/mol. The minimum atomic E-state index is -0.175. The highest BCUT2D eigenvalue weighted by molar-refractivity contribution is 5.46. The largest absolute Gasteiger partial charge is 0.491 e. The van der Waals surface area contributed by atoms with Crippen LogP contribution in [-0.4, -0.2) is 47.3 Å². The number of likely N-dealkylation sites (tertiary alicyclic amines) is 1. The zero-order valence-corrected chi connectivity index (χ0v) is 15.3. The number of aliphatic hydroxyl groups is 1. The first kappa shape index (κ1) is 18.4. The minimum Gasteiger partial charge on any atom is -0.491 e. The van der Waals surface area contributed by atoms with E-state index in [4.69, 9.17) is 4.74 Å². The molecule has 0 radical (unpaired) electrons. The maximum absolute atomic E-state index is 9.73. The summed E-state index contributed by atoms with van der Waals surface area (Å²) in [5, 5.41) is 9.73. The molecule has 0 amide bonds. The highest BCUT2D eigenvalue weighted by atomic mass is 16.5. The summed E-state index contributed by atoms with van der Waals surface area (Å²) in [5.41, 5.74) is 2.57. The number of ether oxygens (including phenoxy) is 1. The molecule has 1 saturated heterocycles. The zero-order valence-electron chi connectivity index (χ0n) is 15.3. The lowest BCUT2D eigenvalue weighted by Crippen LogP contribution is -2.39. The number of hydrogen-bond acceptors (Lipinski definition) is 4. The van der Waals surface area contributed by atoms with Gasteiger partial charge < -0.3 is 14.7 Å². The fraction of sp³-hybridized carbons (Fsp3) is 0.409. The van der Waals surface area contributed by atoms with Gasteiger partial charge in [0, 0.05) is 24.3 Å². The molecule has 2 aromatic rings. The lowest BCUT2D eigenvalue weighted by atomic mass is 10.1.